The minimum Gasteiger partial charge on any atom is -0.366 e. The summed E-state index contributed by atoms with van der Waals surface area (Å²) in [5.41, 5.74) is 4.62. The Morgan fingerprint density at radius 1 is 1.28 bits per heavy atom. The number of nitrogens with one attached hydrogen (secondary N) is 1. The lowest BCUT2D eigenvalue weighted by atomic mass is 10.1. The molecule has 0 saturated heterocycles. The SMILES string of the molecule is NC(=O)c1cc(Cl)cc(Cl)c1NC(=O)c1cc(C(F)F)nn1C1CC1. The third-order valence-electron chi connectivity index (χ3n) is 3.66. The van der Waals surface area contributed by atoms with Crippen molar-refractivity contribution < 1.29 is 18.4 Å². The van der Waals surface area contributed by atoms with Crippen molar-refractivity contribution in [1.82, 2.24) is 9.78 Å². The third-order valence-corrected chi connectivity index (χ3v) is 4.18. The summed E-state index contributed by atoms with van der Waals surface area (Å²) < 4.78 is 27.1. The van der Waals surface area contributed by atoms with Gasteiger partial charge in [0.05, 0.1) is 22.3 Å². The van der Waals surface area contributed by atoms with Crippen LogP contribution in [0.5, 0.6) is 0 Å². The number of carbonyl (C=O) groups is 2. The molecule has 3 N–H and O–H groups in total. The molecule has 1 aliphatic rings. The number of carbonyl (C=O) groups excluding carboxylic acids is 2. The lowest BCUT2D eigenvalue weighted by Gasteiger charge is -2.12. The summed E-state index contributed by atoms with van der Waals surface area (Å²) in [5.74, 6) is -1.57. The maximum atomic E-state index is 12.9. The lowest BCUT2D eigenvalue weighted by Crippen LogP contribution is -2.21. The minimum atomic E-state index is -2.80. The molecular formula is C15H12Cl2F2N4O2. The Kier molecular flexibility index (Phi) is 4.66. The highest BCUT2D eigenvalue weighted by Gasteiger charge is 2.31. The molecule has 0 aliphatic heterocycles. The van der Waals surface area contributed by atoms with Crippen molar-refractivity contribution in [3.05, 3.63) is 45.2 Å². The van der Waals surface area contributed by atoms with Crippen molar-refractivity contribution in [2.24, 2.45) is 5.73 Å². The van der Waals surface area contributed by atoms with Crippen molar-refractivity contribution in [1.29, 1.82) is 0 Å². The number of hydrogen-bond acceptors (Lipinski definition) is 3. The highest BCUT2D eigenvalue weighted by molar-refractivity contribution is 6.38. The third kappa shape index (κ3) is 3.59. The topological polar surface area (TPSA) is 90.0 Å². The van der Waals surface area contributed by atoms with E-state index in [2.05, 4.69) is 10.4 Å². The molecule has 3 rings (SSSR count). The second-order valence-corrected chi connectivity index (χ2v) is 6.40. The molecule has 2 aromatic rings. The van der Waals surface area contributed by atoms with Crippen LogP contribution in [0.4, 0.5) is 14.5 Å². The van der Waals surface area contributed by atoms with Crippen molar-refractivity contribution in [2.45, 2.75) is 25.3 Å². The summed E-state index contributed by atoms with van der Waals surface area (Å²) in [7, 11) is 0. The van der Waals surface area contributed by atoms with Crippen molar-refractivity contribution in [3.8, 4) is 0 Å². The fourth-order valence-electron chi connectivity index (χ4n) is 2.36. The number of amides is 2. The largest absolute Gasteiger partial charge is 0.366 e. The number of aromatic nitrogens is 2. The molecule has 6 nitrogen and oxygen atoms in total. The summed E-state index contributed by atoms with van der Waals surface area (Å²) in [6.45, 7) is 0. The maximum Gasteiger partial charge on any atom is 0.282 e. The summed E-state index contributed by atoms with van der Waals surface area (Å²) in [4.78, 5) is 24.1. The number of primary amides is 1. The van der Waals surface area contributed by atoms with Crippen LogP contribution < -0.4 is 11.1 Å². The van der Waals surface area contributed by atoms with E-state index in [4.69, 9.17) is 28.9 Å². The molecule has 1 aromatic carbocycles. The Labute approximate surface area is 150 Å². The van der Waals surface area contributed by atoms with Crippen LogP contribution >= 0.6 is 23.2 Å². The van der Waals surface area contributed by atoms with Crippen molar-refractivity contribution in [3.63, 3.8) is 0 Å². The van der Waals surface area contributed by atoms with E-state index in [0.717, 1.165) is 18.9 Å². The molecule has 0 spiro atoms. The molecule has 0 bridgehead atoms. The number of hydrogen-bond donors (Lipinski definition) is 2. The van der Waals surface area contributed by atoms with E-state index in [9.17, 15) is 18.4 Å². The van der Waals surface area contributed by atoms with Crippen LogP contribution in [-0.2, 0) is 0 Å². The van der Waals surface area contributed by atoms with E-state index >= 15 is 0 Å². The first kappa shape index (κ1) is 17.6. The second kappa shape index (κ2) is 6.61. The molecule has 1 aliphatic carbocycles. The monoisotopic (exact) mass is 388 g/mol. The fourth-order valence-corrected chi connectivity index (χ4v) is 2.90. The zero-order valence-corrected chi connectivity index (χ0v) is 14.1. The van der Waals surface area contributed by atoms with E-state index in [0.29, 0.717) is 0 Å². The number of alkyl halides is 2. The van der Waals surface area contributed by atoms with Gasteiger partial charge in [0, 0.05) is 5.02 Å². The summed E-state index contributed by atoms with van der Waals surface area (Å²) in [6, 6.07) is 3.51. The van der Waals surface area contributed by atoms with E-state index in [1.807, 2.05) is 0 Å². The Morgan fingerprint density at radius 3 is 2.52 bits per heavy atom. The molecule has 10 heteroatoms. The van der Waals surface area contributed by atoms with Crippen molar-refractivity contribution in [2.75, 3.05) is 5.32 Å². The second-order valence-electron chi connectivity index (χ2n) is 5.56. The quantitative estimate of drug-likeness (QED) is 0.815. The van der Waals surface area contributed by atoms with E-state index < -0.39 is 23.9 Å². The molecule has 2 amide bonds. The number of nitrogens with zero attached hydrogens (tertiary/aromatic N) is 2. The van der Waals surface area contributed by atoms with Crippen LogP contribution in [0.3, 0.4) is 0 Å². The maximum absolute atomic E-state index is 12.9. The first-order valence-electron chi connectivity index (χ1n) is 7.25. The number of halogens is 4. The van der Waals surface area contributed by atoms with Gasteiger partial charge in [-0.1, -0.05) is 23.2 Å². The van der Waals surface area contributed by atoms with Crippen LogP contribution in [0.25, 0.3) is 0 Å². The molecule has 132 valence electrons. The predicted molar refractivity (Wildman–Crippen MR) is 88.4 cm³/mol. The predicted octanol–water partition coefficient (Wildman–Crippen LogP) is 3.81. The van der Waals surface area contributed by atoms with Gasteiger partial charge in [-0.15, -0.1) is 0 Å². The van der Waals surface area contributed by atoms with Crippen molar-refractivity contribution >= 4 is 40.7 Å². The molecule has 1 saturated carbocycles. The van der Waals surface area contributed by atoms with Crippen LogP contribution in [0, 0.1) is 0 Å². The summed E-state index contributed by atoms with van der Waals surface area (Å²) in [6.07, 6.45) is -1.30. The number of benzene rings is 1. The van der Waals surface area contributed by atoms with E-state index in [1.165, 1.54) is 16.8 Å². The molecular weight excluding hydrogens is 377 g/mol. The Morgan fingerprint density at radius 2 is 1.96 bits per heavy atom. The lowest BCUT2D eigenvalue weighted by molar-refractivity contribution is 0.100. The highest BCUT2D eigenvalue weighted by atomic mass is 35.5. The fraction of sp³-hybridized carbons (Fsp3) is 0.267. The number of anilines is 1. The smallest absolute Gasteiger partial charge is 0.282 e. The van der Waals surface area contributed by atoms with Crippen LogP contribution in [0.1, 0.15) is 51.8 Å². The first-order valence-corrected chi connectivity index (χ1v) is 8.01. The Bertz CT molecular complexity index is 865. The standard InChI is InChI=1S/C15H12Cl2F2N4O2/c16-6-3-8(14(20)24)12(9(17)4-6)21-15(25)11-5-10(13(18)19)22-23(11)7-1-2-7/h3-5,7,13H,1-2H2,(H2,20,24)(H,21,25). The zero-order chi connectivity index (χ0) is 18.3. The Hall–Kier alpha value is -2.19. The van der Waals surface area contributed by atoms with Gasteiger partial charge in [0.2, 0.25) is 0 Å². The molecule has 1 fully saturated rings. The number of nitrogens with two attached hydrogens (primary N) is 1. The van der Waals surface area contributed by atoms with Gasteiger partial charge < -0.3 is 11.1 Å². The minimum absolute atomic E-state index is 0.00113. The van der Waals surface area contributed by atoms with Gasteiger partial charge in [0.1, 0.15) is 11.4 Å². The number of rotatable bonds is 5. The van der Waals surface area contributed by atoms with Gasteiger partial charge >= 0.3 is 0 Å². The van der Waals surface area contributed by atoms with Gasteiger partial charge in [-0.2, -0.15) is 5.10 Å². The molecule has 0 unspecified atom stereocenters. The van der Waals surface area contributed by atoms with Gasteiger partial charge in [-0.05, 0) is 31.0 Å². The summed E-state index contributed by atoms with van der Waals surface area (Å²) in [5, 5.41) is 6.40. The molecule has 1 heterocycles. The van der Waals surface area contributed by atoms with E-state index in [1.54, 1.807) is 0 Å². The van der Waals surface area contributed by atoms with Gasteiger partial charge in [-0.25, -0.2) is 8.78 Å². The molecule has 0 radical (unpaired) electrons. The van der Waals surface area contributed by atoms with Gasteiger partial charge in [-0.3, -0.25) is 14.3 Å². The Balaban J connectivity index is 1.97. The average Bonchev–Trinajstić information content (AvgIpc) is 3.27. The van der Waals surface area contributed by atoms with E-state index in [-0.39, 0.29) is 33.0 Å². The average molecular weight is 389 g/mol. The first-order chi connectivity index (χ1) is 11.8. The molecule has 1 aromatic heterocycles. The summed E-state index contributed by atoms with van der Waals surface area (Å²) >= 11 is 11.9. The molecule has 25 heavy (non-hydrogen) atoms. The normalized spacial score (nSPS) is 14.0. The van der Waals surface area contributed by atoms with Crippen LogP contribution in [-0.4, -0.2) is 21.6 Å². The molecule has 0 atom stereocenters. The van der Waals surface area contributed by atoms with Gasteiger partial charge in [0.25, 0.3) is 18.2 Å². The van der Waals surface area contributed by atoms with Gasteiger partial charge in [0.15, 0.2) is 0 Å². The zero-order valence-electron chi connectivity index (χ0n) is 12.6. The van der Waals surface area contributed by atoms with Crippen LogP contribution in [0.15, 0.2) is 18.2 Å². The van der Waals surface area contributed by atoms with Crippen LogP contribution in [0.2, 0.25) is 10.0 Å². The highest BCUT2D eigenvalue weighted by Crippen LogP contribution is 2.37.